The number of hydrogen-bond acceptors (Lipinski definition) is 6. The maximum absolute atomic E-state index is 14.6. The molecule has 0 unspecified atom stereocenters. The zero-order valence-electron chi connectivity index (χ0n) is 17.9. The van der Waals surface area contributed by atoms with Crippen molar-refractivity contribution < 1.29 is 31.8 Å². The zero-order chi connectivity index (χ0) is 23.8. The van der Waals surface area contributed by atoms with Crippen molar-refractivity contribution in [2.24, 2.45) is 0 Å². The van der Waals surface area contributed by atoms with Gasteiger partial charge in [0.1, 0.15) is 18.2 Å². The van der Waals surface area contributed by atoms with Gasteiger partial charge < -0.3 is 14.6 Å². The lowest BCUT2D eigenvalue weighted by Gasteiger charge is -2.26. The minimum absolute atomic E-state index is 0.0325. The first kappa shape index (κ1) is 23.3. The molecule has 3 N–H and O–H groups in total. The lowest BCUT2D eigenvalue weighted by Crippen LogP contribution is -2.35. The van der Waals surface area contributed by atoms with E-state index in [0.29, 0.717) is 37.1 Å². The molecule has 1 aliphatic carbocycles. The Kier molecular flexibility index (Phi) is 6.26. The van der Waals surface area contributed by atoms with Gasteiger partial charge in [0.2, 0.25) is 15.9 Å². The van der Waals surface area contributed by atoms with Crippen molar-refractivity contribution in [3.8, 4) is 16.9 Å². The number of nitrogens with one attached hydrogen (secondary N) is 1. The van der Waals surface area contributed by atoms with E-state index in [0.717, 1.165) is 12.3 Å². The molecular weight excluding hydrogens is 454 g/mol. The van der Waals surface area contributed by atoms with Crippen molar-refractivity contribution in [2.75, 3.05) is 6.26 Å². The highest BCUT2D eigenvalue weighted by atomic mass is 32.2. The van der Waals surface area contributed by atoms with Gasteiger partial charge in [-0.15, -0.1) is 0 Å². The summed E-state index contributed by atoms with van der Waals surface area (Å²) in [5.74, 6) is -1.45. The van der Waals surface area contributed by atoms with Crippen LogP contribution in [0.3, 0.4) is 0 Å². The van der Waals surface area contributed by atoms with Crippen LogP contribution < -0.4 is 4.72 Å². The Balaban J connectivity index is 1.72. The Hall–Kier alpha value is -2.82. The van der Waals surface area contributed by atoms with Crippen LogP contribution in [0.1, 0.15) is 36.5 Å². The molecule has 0 spiro atoms. The number of para-hydroxylation sites is 1. The third kappa shape index (κ3) is 4.92. The quantitative estimate of drug-likeness (QED) is 0.480. The molecular formula is C23H24F2N2O5S. The second-order valence-corrected chi connectivity index (χ2v) is 10.3. The molecule has 1 saturated carbocycles. The van der Waals surface area contributed by atoms with Gasteiger partial charge in [-0.25, -0.2) is 26.9 Å². The second-order valence-electron chi connectivity index (χ2n) is 8.53. The van der Waals surface area contributed by atoms with Crippen LogP contribution in [0.25, 0.3) is 11.1 Å². The van der Waals surface area contributed by atoms with Gasteiger partial charge in [0.05, 0.1) is 17.9 Å². The van der Waals surface area contributed by atoms with Gasteiger partial charge in [0.15, 0.2) is 11.6 Å². The number of phenols is 1. The normalized spacial score (nSPS) is 20.9. The number of halogens is 2. The molecule has 7 nitrogen and oxygen atoms in total. The molecule has 1 fully saturated rings. The first-order valence-corrected chi connectivity index (χ1v) is 12.3. The smallest absolute Gasteiger partial charge is 0.208 e. The van der Waals surface area contributed by atoms with Gasteiger partial charge in [0, 0.05) is 17.2 Å². The molecule has 0 bridgehead atoms. The summed E-state index contributed by atoms with van der Waals surface area (Å²) in [5, 5.41) is 19.5. The number of hydrogen-bond donors (Lipinski definition) is 3. The summed E-state index contributed by atoms with van der Waals surface area (Å²) >= 11 is 0. The minimum Gasteiger partial charge on any atom is -0.504 e. The molecule has 0 amide bonds. The molecule has 33 heavy (non-hydrogen) atoms. The number of sulfonamides is 1. The van der Waals surface area contributed by atoms with Gasteiger partial charge >= 0.3 is 0 Å². The third-order valence-corrected chi connectivity index (χ3v) is 6.76. The second kappa shape index (κ2) is 8.85. The van der Waals surface area contributed by atoms with Gasteiger partial charge in [-0.3, -0.25) is 0 Å². The lowest BCUT2D eigenvalue weighted by molar-refractivity contribution is 0.228. The van der Waals surface area contributed by atoms with E-state index in [4.69, 9.17) is 4.42 Å². The average molecular weight is 479 g/mol. The van der Waals surface area contributed by atoms with Crippen molar-refractivity contribution >= 4 is 10.0 Å². The number of aliphatic hydroxyl groups excluding tert-OH is 1. The van der Waals surface area contributed by atoms with Crippen LogP contribution in [-0.4, -0.2) is 35.9 Å². The van der Waals surface area contributed by atoms with Crippen LogP contribution in [0.5, 0.6) is 5.75 Å². The fourth-order valence-corrected chi connectivity index (χ4v) is 5.40. The summed E-state index contributed by atoms with van der Waals surface area (Å²) in [4.78, 5) is 4.32. The van der Waals surface area contributed by atoms with E-state index in [9.17, 15) is 27.4 Å². The van der Waals surface area contributed by atoms with E-state index in [-0.39, 0.29) is 29.5 Å². The molecule has 10 heteroatoms. The number of aromatic nitrogens is 1. The van der Waals surface area contributed by atoms with E-state index in [1.807, 2.05) is 0 Å². The molecule has 1 heterocycles. The molecule has 176 valence electrons. The van der Waals surface area contributed by atoms with Crippen LogP contribution in [0.15, 0.2) is 47.0 Å². The molecule has 4 rings (SSSR count). The number of nitrogens with zero attached hydrogens (tertiary/aromatic N) is 1. The monoisotopic (exact) mass is 478 g/mol. The van der Waals surface area contributed by atoms with Crippen LogP contribution in [0.2, 0.25) is 0 Å². The number of phenolic OH excluding ortho intramolecular Hbond substituents is 1. The maximum atomic E-state index is 14.6. The van der Waals surface area contributed by atoms with Crippen LogP contribution in [0.4, 0.5) is 8.78 Å². The van der Waals surface area contributed by atoms with Crippen molar-refractivity contribution in [1.82, 2.24) is 9.71 Å². The summed E-state index contributed by atoms with van der Waals surface area (Å²) < 4.78 is 60.4. The highest BCUT2D eigenvalue weighted by Crippen LogP contribution is 2.44. The number of benzene rings is 2. The van der Waals surface area contributed by atoms with Crippen molar-refractivity contribution in [3.63, 3.8) is 0 Å². The van der Waals surface area contributed by atoms with Crippen LogP contribution in [-0.2, 0) is 28.5 Å². The van der Waals surface area contributed by atoms with E-state index < -0.39 is 32.8 Å². The van der Waals surface area contributed by atoms with Crippen molar-refractivity contribution in [3.05, 3.63) is 71.4 Å². The molecule has 0 aliphatic heterocycles. The zero-order valence-corrected chi connectivity index (χ0v) is 18.7. The molecule has 1 aromatic heterocycles. The van der Waals surface area contributed by atoms with Gasteiger partial charge in [0.25, 0.3) is 0 Å². The van der Waals surface area contributed by atoms with Crippen LogP contribution in [0, 0.1) is 11.6 Å². The predicted octanol–water partition coefficient (Wildman–Crippen LogP) is 3.40. The van der Waals surface area contributed by atoms with E-state index in [2.05, 4.69) is 9.71 Å². The predicted molar refractivity (Wildman–Crippen MR) is 117 cm³/mol. The fourth-order valence-electron chi connectivity index (χ4n) is 4.60. The first-order chi connectivity index (χ1) is 15.6. The fraction of sp³-hybridized carbons (Fsp3) is 0.348. The molecule has 3 aromatic rings. The standard InChI is InChI=1S/C23H24F2N2O5S/c1-33(30,31)27-15-7-8-23(11-15,22-26-12-16(13-28)32-22)10-14-5-6-19(24)18(9-14)17-3-2-4-20(25)21(17)29/h2-6,9,12,15,27-29H,7-8,10-11,13H2,1H3/t15-,23+/m0/s1. The van der Waals surface area contributed by atoms with Crippen molar-refractivity contribution in [2.45, 2.75) is 43.7 Å². The lowest BCUT2D eigenvalue weighted by atomic mass is 9.79. The van der Waals surface area contributed by atoms with Crippen molar-refractivity contribution in [1.29, 1.82) is 0 Å². The van der Waals surface area contributed by atoms with E-state index >= 15 is 0 Å². The summed E-state index contributed by atoms with van der Waals surface area (Å²) in [7, 11) is -3.42. The van der Waals surface area contributed by atoms with Gasteiger partial charge in [-0.05, 0) is 49.4 Å². The molecule has 1 aliphatic rings. The minimum atomic E-state index is -3.42. The van der Waals surface area contributed by atoms with Crippen LogP contribution >= 0.6 is 0 Å². The summed E-state index contributed by atoms with van der Waals surface area (Å²) in [6.45, 7) is -0.326. The molecule has 0 saturated heterocycles. The Morgan fingerprint density at radius 1 is 1.21 bits per heavy atom. The summed E-state index contributed by atoms with van der Waals surface area (Å²) in [6, 6.07) is 7.95. The van der Waals surface area contributed by atoms with Gasteiger partial charge in [-0.2, -0.15) is 0 Å². The van der Waals surface area contributed by atoms with E-state index in [1.54, 1.807) is 12.1 Å². The maximum Gasteiger partial charge on any atom is 0.208 e. The average Bonchev–Trinajstić information content (AvgIpc) is 3.39. The summed E-state index contributed by atoms with van der Waals surface area (Å²) in [6.07, 6.45) is 4.34. The Bertz CT molecular complexity index is 1280. The number of aliphatic hydroxyl groups is 1. The van der Waals surface area contributed by atoms with Gasteiger partial charge in [-0.1, -0.05) is 18.2 Å². The highest BCUT2D eigenvalue weighted by Gasteiger charge is 2.45. The molecule has 0 radical (unpaired) electrons. The molecule has 2 atom stereocenters. The van der Waals surface area contributed by atoms with E-state index in [1.165, 1.54) is 24.4 Å². The Morgan fingerprint density at radius 3 is 2.70 bits per heavy atom. The topological polar surface area (TPSA) is 113 Å². The largest absolute Gasteiger partial charge is 0.504 e. The molecule has 2 aromatic carbocycles. The highest BCUT2D eigenvalue weighted by molar-refractivity contribution is 7.88. The first-order valence-electron chi connectivity index (χ1n) is 10.4. The number of oxazole rings is 1. The summed E-state index contributed by atoms with van der Waals surface area (Å²) in [5.41, 5.74) is 0.0605. The SMILES string of the molecule is CS(=O)(=O)N[C@H]1CC[C@](Cc2ccc(F)c(-c3cccc(F)c3O)c2)(c2ncc(CO)o2)C1. The third-order valence-electron chi connectivity index (χ3n) is 6.00. The Morgan fingerprint density at radius 2 is 2.00 bits per heavy atom. The number of rotatable bonds is 7. The Labute approximate surface area is 190 Å². The number of aromatic hydroxyl groups is 1.